The van der Waals surface area contributed by atoms with Gasteiger partial charge < -0.3 is 10.6 Å². The number of hydrogen-bond acceptors (Lipinski definition) is 7. The van der Waals surface area contributed by atoms with Crippen molar-refractivity contribution in [3.8, 4) is 5.75 Å². The van der Waals surface area contributed by atoms with E-state index < -0.39 is 0 Å². The highest BCUT2D eigenvalue weighted by Gasteiger charge is 2.10. The van der Waals surface area contributed by atoms with Crippen LogP contribution in [-0.2, 0) is 5.75 Å². The van der Waals surface area contributed by atoms with E-state index in [1.165, 1.54) is 16.4 Å². The molecule has 2 aromatic carbocycles. The van der Waals surface area contributed by atoms with Crippen molar-refractivity contribution in [2.24, 2.45) is 5.10 Å². The lowest BCUT2D eigenvalue weighted by Gasteiger charge is -2.04. The first-order valence-corrected chi connectivity index (χ1v) is 10.1. The molecule has 0 bridgehead atoms. The molecule has 1 heterocycles. The number of ether oxygens (including phenoxy) is 1. The maximum Gasteiger partial charge on any atom is 0.264 e. The number of nitrogens with one attached hydrogen (secondary N) is 1. The Morgan fingerprint density at radius 2 is 1.96 bits per heavy atom. The fraction of sp³-hybridized carbons (Fsp3) is 0.167. The van der Waals surface area contributed by atoms with Gasteiger partial charge >= 0.3 is 0 Å². The molecule has 146 valence electrons. The van der Waals surface area contributed by atoms with Crippen LogP contribution in [-0.4, -0.2) is 27.7 Å². The van der Waals surface area contributed by atoms with E-state index in [9.17, 15) is 0 Å². The van der Waals surface area contributed by atoms with E-state index in [0.29, 0.717) is 33.5 Å². The molecule has 3 N–H and O–H groups in total. The largest absolute Gasteiger partial charge is 0.494 e. The van der Waals surface area contributed by atoms with Crippen molar-refractivity contribution in [1.82, 2.24) is 14.9 Å². The predicted octanol–water partition coefficient (Wildman–Crippen LogP) is 4.44. The van der Waals surface area contributed by atoms with Gasteiger partial charge in [-0.3, -0.25) is 0 Å². The third-order valence-electron chi connectivity index (χ3n) is 3.59. The molecule has 0 amide bonds. The molecule has 0 unspecified atom stereocenters. The van der Waals surface area contributed by atoms with Gasteiger partial charge in [-0.25, -0.2) is 10.1 Å². The lowest BCUT2D eigenvalue weighted by atomic mass is 10.2. The van der Waals surface area contributed by atoms with Gasteiger partial charge in [-0.2, -0.15) is 5.10 Å². The van der Waals surface area contributed by atoms with Gasteiger partial charge in [0.1, 0.15) is 5.75 Å². The van der Waals surface area contributed by atoms with Crippen molar-refractivity contribution >= 4 is 47.1 Å². The Labute approximate surface area is 176 Å². The zero-order valence-corrected chi connectivity index (χ0v) is 17.3. The SMILES string of the molecule is CCOc1ccc(/C=N/Nc2nnc(SCc3ccc(Cl)c(Cl)c3)n2N)cc1. The Balaban J connectivity index is 1.57. The zero-order chi connectivity index (χ0) is 19.9. The minimum atomic E-state index is 0.332. The molecule has 28 heavy (non-hydrogen) atoms. The highest BCUT2D eigenvalue weighted by molar-refractivity contribution is 7.98. The molecule has 0 atom stereocenters. The zero-order valence-electron chi connectivity index (χ0n) is 15.0. The van der Waals surface area contributed by atoms with Crippen LogP contribution in [0.2, 0.25) is 10.0 Å². The van der Waals surface area contributed by atoms with Crippen LogP contribution in [0, 0.1) is 0 Å². The van der Waals surface area contributed by atoms with E-state index in [1.54, 1.807) is 12.3 Å². The van der Waals surface area contributed by atoms with E-state index in [1.807, 2.05) is 43.3 Å². The Bertz CT molecular complexity index is 961. The number of benzene rings is 2. The topological polar surface area (TPSA) is 90.3 Å². The Morgan fingerprint density at radius 1 is 1.18 bits per heavy atom. The number of nitrogen functional groups attached to an aromatic ring is 1. The minimum Gasteiger partial charge on any atom is -0.494 e. The molecular formula is C18H18Cl2N6OS. The molecule has 10 heteroatoms. The van der Waals surface area contributed by atoms with Gasteiger partial charge in [0.25, 0.3) is 5.95 Å². The van der Waals surface area contributed by atoms with Gasteiger partial charge in [0, 0.05) is 5.75 Å². The summed E-state index contributed by atoms with van der Waals surface area (Å²) in [6, 6.07) is 13.1. The van der Waals surface area contributed by atoms with Gasteiger partial charge in [0.05, 0.1) is 22.9 Å². The number of hydrogen-bond donors (Lipinski definition) is 2. The molecule has 0 saturated heterocycles. The van der Waals surface area contributed by atoms with E-state index in [-0.39, 0.29) is 0 Å². The summed E-state index contributed by atoms with van der Waals surface area (Å²) in [4.78, 5) is 0. The highest BCUT2D eigenvalue weighted by atomic mass is 35.5. The number of aromatic nitrogens is 3. The molecular weight excluding hydrogens is 419 g/mol. The van der Waals surface area contributed by atoms with E-state index >= 15 is 0 Å². The smallest absolute Gasteiger partial charge is 0.264 e. The van der Waals surface area contributed by atoms with E-state index in [2.05, 4.69) is 20.7 Å². The monoisotopic (exact) mass is 436 g/mol. The van der Waals surface area contributed by atoms with Crippen LogP contribution in [0.1, 0.15) is 18.1 Å². The number of hydrazone groups is 1. The van der Waals surface area contributed by atoms with Gasteiger partial charge in [-0.05, 0) is 54.4 Å². The summed E-state index contributed by atoms with van der Waals surface area (Å²) < 4.78 is 6.75. The van der Waals surface area contributed by atoms with Crippen molar-refractivity contribution in [3.63, 3.8) is 0 Å². The fourth-order valence-electron chi connectivity index (χ4n) is 2.21. The Morgan fingerprint density at radius 3 is 2.68 bits per heavy atom. The molecule has 0 radical (unpaired) electrons. The van der Waals surface area contributed by atoms with Gasteiger partial charge in [-0.15, -0.1) is 10.2 Å². The molecule has 1 aromatic heterocycles. The number of halogens is 2. The van der Waals surface area contributed by atoms with E-state index in [0.717, 1.165) is 16.9 Å². The number of thioether (sulfide) groups is 1. The van der Waals surface area contributed by atoms with Crippen molar-refractivity contribution in [3.05, 3.63) is 63.6 Å². The number of rotatable bonds is 8. The second-order valence-corrected chi connectivity index (χ2v) is 7.34. The molecule has 0 fully saturated rings. The van der Waals surface area contributed by atoms with Crippen LogP contribution in [0.3, 0.4) is 0 Å². The third-order valence-corrected chi connectivity index (χ3v) is 5.34. The summed E-state index contributed by atoms with van der Waals surface area (Å²) >= 11 is 13.4. The summed E-state index contributed by atoms with van der Waals surface area (Å²) in [6.07, 6.45) is 1.66. The lowest BCUT2D eigenvalue weighted by molar-refractivity contribution is 0.340. The quantitative estimate of drug-likeness (QED) is 0.234. The highest BCUT2D eigenvalue weighted by Crippen LogP contribution is 2.27. The molecule has 0 aliphatic carbocycles. The summed E-state index contributed by atoms with van der Waals surface area (Å²) in [6.45, 7) is 2.58. The van der Waals surface area contributed by atoms with Crippen LogP contribution in [0.15, 0.2) is 52.7 Å². The van der Waals surface area contributed by atoms with E-state index in [4.69, 9.17) is 33.8 Å². The van der Waals surface area contributed by atoms with Gasteiger partial charge in [0.2, 0.25) is 5.16 Å². The second kappa shape index (κ2) is 9.68. The summed E-state index contributed by atoms with van der Waals surface area (Å²) in [7, 11) is 0. The van der Waals surface area contributed by atoms with Crippen LogP contribution < -0.4 is 16.0 Å². The van der Waals surface area contributed by atoms with Crippen molar-refractivity contribution in [2.75, 3.05) is 17.9 Å². The summed E-state index contributed by atoms with van der Waals surface area (Å²) in [5, 5.41) is 13.8. The maximum absolute atomic E-state index is 6.03. The molecule has 0 aliphatic rings. The molecule has 7 nitrogen and oxygen atoms in total. The number of nitrogens with zero attached hydrogens (tertiary/aromatic N) is 4. The van der Waals surface area contributed by atoms with Gasteiger partial charge in [-0.1, -0.05) is 41.0 Å². The molecule has 0 saturated carbocycles. The standard InChI is InChI=1S/C18H18Cl2N6OS/c1-2-27-14-6-3-12(4-7-14)10-22-23-17-24-25-18(26(17)21)28-11-13-5-8-15(19)16(20)9-13/h3-10H,2,11,21H2,1H3,(H,23,24)/b22-10+. The first-order chi connectivity index (χ1) is 13.6. The van der Waals surface area contributed by atoms with Crippen LogP contribution in [0.25, 0.3) is 0 Å². The first-order valence-electron chi connectivity index (χ1n) is 8.36. The predicted molar refractivity (Wildman–Crippen MR) is 115 cm³/mol. The van der Waals surface area contributed by atoms with Crippen LogP contribution in [0.4, 0.5) is 5.95 Å². The fourth-order valence-corrected chi connectivity index (χ4v) is 3.33. The van der Waals surface area contributed by atoms with Crippen molar-refractivity contribution in [2.45, 2.75) is 17.8 Å². The van der Waals surface area contributed by atoms with Crippen LogP contribution >= 0.6 is 35.0 Å². The summed E-state index contributed by atoms with van der Waals surface area (Å²) in [5.74, 6) is 7.80. The molecule has 0 spiro atoms. The second-order valence-electron chi connectivity index (χ2n) is 5.59. The molecule has 0 aliphatic heterocycles. The van der Waals surface area contributed by atoms with Crippen LogP contribution in [0.5, 0.6) is 5.75 Å². The Hall–Kier alpha value is -2.42. The van der Waals surface area contributed by atoms with Crippen molar-refractivity contribution in [1.29, 1.82) is 0 Å². The number of anilines is 1. The summed E-state index contributed by atoms with van der Waals surface area (Å²) in [5.41, 5.74) is 4.70. The normalized spacial score (nSPS) is 11.1. The number of nitrogens with two attached hydrogens (primary N) is 1. The molecule has 3 rings (SSSR count). The van der Waals surface area contributed by atoms with Gasteiger partial charge in [0.15, 0.2) is 0 Å². The Kier molecular flexibility index (Phi) is 7.02. The molecule has 3 aromatic rings. The third kappa shape index (κ3) is 5.31. The first kappa shape index (κ1) is 20.3. The average Bonchev–Trinajstić information content (AvgIpc) is 3.04. The minimum absolute atomic E-state index is 0.332. The average molecular weight is 437 g/mol. The lowest BCUT2D eigenvalue weighted by Crippen LogP contribution is -2.13. The maximum atomic E-state index is 6.03. The van der Waals surface area contributed by atoms with Crippen molar-refractivity contribution < 1.29 is 4.74 Å².